The minimum atomic E-state index is -0.980. The van der Waals surface area contributed by atoms with Gasteiger partial charge in [-0.1, -0.05) is 12.1 Å². The second kappa shape index (κ2) is 10.5. The summed E-state index contributed by atoms with van der Waals surface area (Å²) in [5.41, 5.74) is 0.886. The Bertz CT molecular complexity index is 689. The molecular formula is C20H26N2O5. The number of rotatable bonds is 9. The number of carbonyl (C=O) groups excluding carboxylic acids is 2. The molecule has 27 heavy (non-hydrogen) atoms. The molecule has 146 valence electrons. The first-order valence-electron chi connectivity index (χ1n) is 9.15. The summed E-state index contributed by atoms with van der Waals surface area (Å²) in [7, 11) is 0. The monoisotopic (exact) mass is 374 g/mol. The summed E-state index contributed by atoms with van der Waals surface area (Å²) in [6.07, 6.45) is 4.60. The lowest BCUT2D eigenvalue weighted by molar-refractivity contribution is -0.143. The van der Waals surface area contributed by atoms with Crippen molar-refractivity contribution in [2.75, 3.05) is 25.1 Å². The largest absolute Gasteiger partial charge is 0.480 e. The van der Waals surface area contributed by atoms with Gasteiger partial charge in [0.15, 0.2) is 0 Å². The summed E-state index contributed by atoms with van der Waals surface area (Å²) in [4.78, 5) is 37.6. The van der Waals surface area contributed by atoms with Crippen LogP contribution >= 0.6 is 0 Å². The first kappa shape index (κ1) is 20.6. The van der Waals surface area contributed by atoms with Crippen LogP contribution in [0.4, 0.5) is 5.69 Å². The predicted molar refractivity (Wildman–Crippen MR) is 102 cm³/mol. The number of carboxylic acids is 1. The number of ether oxygens (including phenoxy) is 1. The van der Waals surface area contributed by atoms with Crippen molar-refractivity contribution in [2.24, 2.45) is 0 Å². The fraction of sp³-hybridized carbons (Fsp3) is 0.450. The lowest BCUT2D eigenvalue weighted by Gasteiger charge is -2.33. The van der Waals surface area contributed by atoms with Crippen LogP contribution < -0.4 is 5.32 Å². The molecule has 2 N–H and O–H groups in total. The number of aliphatic carboxylic acids is 1. The lowest BCUT2D eigenvalue weighted by atomic mass is 10.0. The van der Waals surface area contributed by atoms with Gasteiger partial charge in [0.05, 0.1) is 6.61 Å². The quantitative estimate of drug-likeness (QED) is 0.512. The maximum atomic E-state index is 12.8. The van der Waals surface area contributed by atoms with Gasteiger partial charge in [-0.15, -0.1) is 6.58 Å². The standard InChI is InChI=1S/C20H26N2O5/c1-2-12-27-13-6-10-18(23)21-16-8-5-7-15(14-16)19(24)22-11-4-3-9-17(22)20(25)26/h2,5,7-8,14,17H,1,3-4,6,9-13H2,(H,21,23)(H,25,26). The molecule has 0 bridgehead atoms. The number of carbonyl (C=O) groups is 3. The number of hydrogen-bond acceptors (Lipinski definition) is 4. The molecule has 0 radical (unpaired) electrons. The van der Waals surface area contributed by atoms with E-state index in [1.807, 2.05) is 0 Å². The van der Waals surface area contributed by atoms with E-state index in [9.17, 15) is 19.5 Å². The van der Waals surface area contributed by atoms with E-state index >= 15 is 0 Å². The smallest absolute Gasteiger partial charge is 0.326 e. The van der Waals surface area contributed by atoms with Gasteiger partial charge in [-0.2, -0.15) is 0 Å². The minimum Gasteiger partial charge on any atom is -0.480 e. The van der Waals surface area contributed by atoms with Gasteiger partial charge in [0.1, 0.15) is 6.04 Å². The summed E-state index contributed by atoms with van der Waals surface area (Å²) in [6.45, 7) is 4.91. The highest BCUT2D eigenvalue weighted by molar-refractivity contribution is 5.98. The molecule has 7 nitrogen and oxygen atoms in total. The highest BCUT2D eigenvalue weighted by Crippen LogP contribution is 2.21. The number of benzene rings is 1. The summed E-state index contributed by atoms with van der Waals surface area (Å²) < 4.78 is 5.23. The van der Waals surface area contributed by atoms with Crippen LogP contribution in [0.2, 0.25) is 0 Å². The van der Waals surface area contributed by atoms with Gasteiger partial charge in [0.25, 0.3) is 5.91 Å². The molecule has 1 saturated heterocycles. The molecule has 1 unspecified atom stereocenters. The van der Waals surface area contributed by atoms with Crippen molar-refractivity contribution in [3.63, 3.8) is 0 Å². The number of nitrogens with zero attached hydrogens (tertiary/aromatic N) is 1. The third-order valence-corrected chi connectivity index (χ3v) is 4.37. The molecule has 0 saturated carbocycles. The highest BCUT2D eigenvalue weighted by Gasteiger charge is 2.32. The molecule has 0 aromatic heterocycles. The van der Waals surface area contributed by atoms with Crippen LogP contribution in [0.3, 0.4) is 0 Å². The Kier molecular flexibility index (Phi) is 8.00. The zero-order valence-corrected chi connectivity index (χ0v) is 15.4. The Hall–Kier alpha value is -2.67. The van der Waals surface area contributed by atoms with Crippen LogP contribution in [0.5, 0.6) is 0 Å². The van der Waals surface area contributed by atoms with Crippen LogP contribution in [0.1, 0.15) is 42.5 Å². The summed E-state index contributed by atoms with van der Waals surface area (Å²) >= 11 is 0. The van der Waals surface area contributed by atoms with E-state index in [1.165, 1.54) is 4.90 Å². The predicted octanol–water partition coefficient (Wildman–Crippen LogP) is 2.69. The molecule has 1 aliphatic heterocycles. The van der Waals surface area contributed by atoms with E-state index in [-0.39, 0.29) is 11.8 Å². The molecule has 1 atom stereocenters. The topological polar surface area (TPSA) is 95.9 Å². The Morgan fingerprint density at radius 3 is 2.89 bits per heavy atom. The number of amides is 2. The SMILES string of the molecule is C=CCOCCCC(=O)Nc1cccc(C(=O)N2CCCCC2C(=O)O)c1. The molecular weight excluding hydrogens is 348 g/mol. The van der Waals surface area contributed by atoms with Crippen molar-refractivity contribution in [3.8, 4) is 0 Å². The lowest BCUT2D eigenvalue weighted by Crippen LogP contribution is -2.48. The Morgan fingerprint density at radius 1 is 1.33 bits per heavy atom. The number of piperidine rings is 1. The van der Waals surface area contributed by atoms with Crippen LogP contribution in [0.25, 0.3) is 0 Å². The van der Waals surface area contributed by atoms with Gasteiger partial charge in [0, 0.05) is 30.8 Å². The average molecular weight is 374 g/mol. The molecule has 1 aromatic carbocycles. The van der Waals surface area contributed by atoms with Crippen LogP contribution in [0, 0.1) is 0 Å². The number of anilines is 1. The molecule has 0 spiro atoms. The van der Waals surface area contributed by atoms with Crippen molar-refractivity contribution in [2.45, 2.75) is 38.1 Å². The Morgan fingerprint density at radius 2 is 2.15 bits per heavy atom. The number of likely N-dealkylation sites (tertiary alicyclic amines) is 1. The summed E-state index contributed by atoms with van der Waals surface area (Å²) in [5.74, 6) is -1.47. The van der Waals surface area contributed by atoms with Crippen molar-refractivity contribution in [1.82, 2.24) is 4.90 Å². The molecule has 1 heterocycles. The molecule has 2 amide bonds. The highest BCUT2D eigenvalue weighted by atomic mass is 16.5. The number of carboxylic acid groups (broad SMARTS) is 1. The molecule has 0 aliphatic carbocycles. The van der Waals surface area contributed by atoms with Crippen molar-refractivity contribution in [1.29, 1.82) is 0 Å². The van der Waals surface area contributed by atoms with E-state index in [1.54, 1.807) is 30.3 Å². The maximum Gasteiger partial charge on any atom is 0.326 e. The van der Waals surface area contributed by atoms with Gasteiger partial charge < -0.3 is 20.1 Å². The van der Waals surface area contributed by atoms with Gasteiger partial charge in [-0.3, -0.25) is 9.59 Å². The Labute approximate surface area is 159 Å². The molecule has 2 rings (SSSR count). The molecule has 1 aromatic rings. The first-order valence-corrected chi connectivity index (χ1v) is 9.15. The zero-order chi connectivity index (χ0) is 19.6. The maximum absolute atomic E-state index is 12.8. The molecule has 7 heteroatoms. The fourth-order valence-electron chi connectivity index (χ4n) is 3.05. The average Bonchev–Trinajstić information content (AvgIpc) is 2.67. The Balaban J connectivity index is 1.95. The minimum absolute atomic E-state index is 0.164. The summed E-state index contributed by atoms with van der Waals surface area (Å²) in [5, 5.41) is 12.1. The van der Waals surface area contributed by atoms with Gasteiger partial charge >= 0.3 is 5.97 Å². The van der Waals surface area contributed by atoms with Crippen LogP contribution in [0.15, 0.2) is 36.9 Å². The second-order valence-electron chi connectivity index (χ2n) is 6.44. The van der Waals surface area contributed by atoms with Crippen LogP contribution in [-0.4, -0.2) is 53.6 Å². The first-order chi connectivity index (χ1) is 13.0. The van der Waals surface area contributed by atoms with Gasteiger partial charge in [-0.25, -0.2) is 4.79 Å². The van der Waals surface area contributed by atoms with Crippen molar-refractivity contribution < 1.29 is 24.2 Å². The summed E-state index contributed by atoms with van der Waals surface area (Å²) in [6, 6.07) is 5.81. The number of nitrogens with one attached hydrogen (secondary N) is 1. The molecule has 1 aliphatic rings. The van der Waals surface area contributed by atoms with E-state index in [0.717, 1.165) is 12.8 Å². The molecule has 1 fully saturated rings. The third-order valence-electron chi connectivity index (χ3n) is 4.37. The van der Waals surface area contributed by atoms with Crippen molar-refractivity contribution in [3.05, 3.63) is 42.5 Å². The number of hydrogen-bond donors (Lipinski definition) is 2. The second-order valence-corrected chi connectivity index (χ2v) is 6.44. The van der Waals surface area contributed by atoms with E-state index < -0.39 is 12.0 Å². The van der Waals surface area contributed by atoms with Crippen LogP contribution in [-0.2, 0) is 14.3 Å². The van der Waals surface area contributed by atoms with Crippen molar-refractivity contribution >= 4 is 23.5 Å². The van der Waals surface area contributed by atoms with Gasteiger partial charge in [0.2, 0.25) is 5.91 Å². The normalized spacial score (nSPS) is 16.6. The van der Waals surface area contributed by atoms with E-state index in [2.05, 4.69) is 11.9 Å². The van der Waals surface area contributed by atoms with E-state index in [4.69, 9.17) is 4.74 Å². The van der Waals surface area contributed by atoms with E-state index in [0.29, 0.717) is 50.3 Å². The van der Waals surface area contributed by atoms with Gasteiger partial charge in [-0.05, 0) is 43.9 Å². The zero-order valence-electron chi connectivity index (χ0n) is 15.4. The third kappa shape index (κ3) is 6.21. The fourth-order valence-corrected chi connectivity index (χ4v) is 3.05.